The number of nitrogens with zero attached hydrogens (tertiary/aromatic N) is 2. The molecule has 1 aliphatic rings. The lowest BCUT2D eigenvalue weighted by Crippen LogP contribution is -2.44. The Morgan fingerprint density at radius 1 is 1.44 bits per heavy atom. The van der Waals surface area contributed by atoms with Crippen LogP contribution in [0, 0.1) is 0 Å². The number of H-pyrrole nitrogens is 1. The molecule has 0 bridgehead atoms. The minimum Gasteiger partial charge on any atom is -0.369 e. The second kappa shape index (κ2) is 6.72. The first-order valence-corrected chi connectivity index (χ1v) is 6.55. The van der Waals surface area contributed by atoms with E-state index < -0.39 is 0 Å². The summed E-state index contributed by atoms with van der Waals surface area (Å²) in [5.74, 6) is 0.459. The third-order valence-corrected chi connectivity index (χ3v) is 3.30. The Bertz CT molecular complexity index is 430. The van der Waals surface area contributed by atoms with Gasteiger partial charge in [-0.2, -0.15) is 0 Å². The zero-order chi connectivity index (χ0) is 12.8. The molecule has 3 N–H and O–H groups in total. The Morgan fingerprint density at radius 3 is 3.00 bits per heavy atom. The van der Waals surface area contributed by atoms with Gasteiger partial charge in [0.05, 0.1) is 6.33 Å². The van der Waals surface area contributed by atoms with Gasteiger partial charge in [0.25, 0.3) is 5.56 Å². The second-order valence-electron chi connectivity index (χ2n) is 4.27. The van der Waals surface area contributed by atoms with Gasteiger partial charge < -0.3 is 20.5 Å². The standard InChI is InChI=1S/C11H18ClN5O/c12-9-10(15-8-16-11(9)18)14-2-1-5-17-6-3-13-4-7-17/h8,13H,1-7H2,(H2,14,15,16,18). The maximum atomic E-state index is 11.2. The average Bonchev–Trinajstić information content (AvgIpc) is 2.40. The lowest BCUT2D eigenvalue weighted by molar-refractivity contribution is 0.240. The van der Waals surface area contributed by atoms with E-state index in [-0.39, 0.29) is 10.6 Å². The van der Waals surface area contributed by atoms with Gasteiger partial charge in [0, 0.05) is 32.7 Å². The topological polar surface area (TPSA) is 73.0 Å². The average molecular weight is 272 g/mol. The molecule has 1 fully saturated rings. The maximum absolute atomic E-state index is 11.2. The van der Waals surface area contributed by atoms with Crippen LogP contribution < -0.4 is 16.2 Å². The Hall–Kier alpha value is -1.11. The summed E-state index contributed by atoms with van der Waals surface area (Å²) in [6.45, 7) is 6.15. The molecular weight excluding hydrogens is 254 g/mol. The number of anilines is 1. The second-order valence-corrected chi connectivity index (χ2v) is 4.64. The monoisotopic (exact) mass is 271 g/mol. The lowest BCUT2D eigenvalue weighted by Gasteiger charge is -2.27. The number of piperazine rings is 1. The van der Waals surface area contributed by atoms with Crippen LogP contribution in [0.15, 0.2) is 11.1 Å². The number of halogens is 1. The van der Waals surface area contributed by atoms with E-state index >= 15 is 0 Å². The van der Waals surface area contributed by atoms with E-state index in [9.17, 15) is 4.79 Å². The summed E-state index contributed by atoms with van der Waals surface area (Å²) in [7, 11) is 0. The van der Waals surface area contributed by atoms with Gasteiger partial charge >= 0.3 is 0 Å². The van der Waals surface area contributed by atoms with Gasteiger partial charge in [-0.1, -0.05) is 11.6 Å². The minimum absolute atomic E-state index is 0.125. The van der Waals surface area contributed by atoms with E-state index in [1.165, 1.54) is 6.33 Å². The molecule has 0 spiro atoms. The van der Waals surface area contributed by atoms with Crippen molar-refractivity contribution in [2.45, 2.75) is 6.42 Å². The summed E-state index contributed by atoms with van der Waals surface area (Å²) in [6, 6.07) is 0. The number of hydrogen-bond donors (Lipinski definition) is 3. The van der Waals surface area contributed by atoms with Crippen LogP contribution in [0.2, 0.25) is 5.02 Å². The number of aromatic nitrogens is 2. The Morgan fingerprint density at radius 2 is 2.22 bits per heavy atom. The molecule has 1 aromatic rings. The van der Waals surface area contributed by atoms with Gasteiger partial charge in [0.2, 0.25) is 0 Å². The molecule has 0 atom stereocenters. The molecule has 0 amide bonds. The van der Waals surface area contributed by atoms with Crippen LogP contribution in [0.25, 0.3) is 0 Å². The highest BCUT2D eigenvalue weighted by Gasteiger charge is 2.09. The van der Waals surface area contributed by atoms with Crippen molar-refractivity contribution >= 4 is 17.4 Å². The summed E-state index contributed by atoms with van der Waals surface area (Å²) >= 11 is 5.83. The van der Waals surface area contributed by atoms with E-state index in [2.05, 4.69) is 25.5 Å². The Labute approximate surface area is 111 Å². The van der Waals surface area contributed by atoms with Crippen molar-refractivity contribution < 1.29 is 0 Å². The van der Waals surface area contributed by atoms with Crippen LogP contribution in [0.3, 0.4) is 0 Å². The zero-order valence-electron chi connectivity index (χ0n) is 10.2. The van der Waals surface area contributed by atoms with E-state index in [1.807, 2.05) is 0 Å². The number of rotatable bonds is 5. The fourth-order valence-corrected chi connectivity index (χ4v) is 2.12. The summed E-state index contributed by atoms with van der Waals surface area (Å²) in [4.78, 5) is 20.1. The largest absolute Gasteiger partial charge is 0.369 e. The van der Waals surface area contributed by atoms with Crippen molar-refractivity contribution in [3.8, 4) is 0 Å². The Kier molecular flexibility index (Phi) is 4.98. The molecule has 1 aromatic heterocycles. The lowest BCUT2D eigenvalue weighted by atomic mass is 10.3. The van der Waals surface area contributed by atoms with E-state index in [0.29, 0.717) is 5.82 Å². The first-order chi connectivity index (χ1) is 8.77. The van der Waals surface area contributed by atoms with Crippen molar-refractivity contribution in [3.05, 3.63) is 21.7 Å². The van der Waals surface area contributed by atoms with Gasteiger partial charge in [-0.15, -0.1) is 0 Å². The van der Waals surface area contributed by atoms with Gasteiger partial charge in [-0.05, 0) is 13.0 Å². The van der Waals surface area contributed by atoms with E-state index in [4.69, 9.17) is 11.6 Å². The maximum Gasteiger partial charge on any atom is 0.271 e. The molecule has 0 unspecified atom stereocenters. The third-order valence-electron chi connectivity index (χ3n) is 2.95. The zero-order valence-corrected chi connectivity index (χ0v) is 11.0. The predicted molar refractivity (Wildman–Crippen MR) is 72.3 cm³/mol. The quantitative estimate of drug-likeness (QED) is 0.664. The van der Waals surface area contributed by atoms with Crippen LogP contribution in [0.1, 0.15) is 6.42 Å². The number of aromatic amines is 1. The molecule has 2 heterocycles. The molecule has 100 valence electrons. The Balaban J connectivity index is 1.71. The molecular formula is C11H18ClN5O. The third kappa shape index (κ3) is 3.69. The van der Waals surface area contributed by atoms with Crippen molar-refractivity contribution in [1.29, 1.82) is 0 Å². The van der Waals surface area contributed by atoms with Crippen LogP contribution in [0.5, 0.6) is 0 Å². The first kappa shape index (κ1) is 13.3. The van der Waals surface area contributed by atoms with Crippen molar-refractivity contribution in [2.75, 3.05) is 44.6 Å². The molecule has 18 heavy (non-hydrogen) atoms. The van der Waals surface area contributed by atoms with Crippen LogP contribution in [-0.2, 0) is 0 Å². The molecule has 1 saturated heterocycles. The van der Waals surface area contributed by atoms with Crippen LogP contribution >= 0.6 is 11.6 Å². The smallest absolute Gasteiger partial charge is 0.271 e. The summed E-state index contributed by atoms with van der Waals surface area (Å²) in [5.41, 5.74) is -0.309. The van der Waals surface area contributed by atoms with Gasteiger partial charge in [0.1, 0.15) is 5.02 Å². The SMILES string of the molecule is O=c1[nH]cnc(NCCCN2CCNCC2)c1Cl. The molecule has 2 rings (SSSR count). The first-order valence-electron chi connectivity index (χ1n) is 6.17. The molecule has 6 nitrogen and oxygen atoms in total. The van der Waals surface area contributed by atoms with Crippen LogP contribution in [-0.4, -0.2) is 54.1 Å². The van der Waals surface area contributed by atoms with Crippen molar-refractivity contribution in [1.82, 2.24) is 20.2 Å². The highest BCUT2D eigenvalue weighted by Crippen LogP contribution is 2.11. The summed E-state index contributed by atoms with van der Waals surface area (Å²) in [5, 5.41) is 6.53. The fourth-order valence-electron chi connectivity index (χ4n) is 1.95. The van der Waals surface area contributed by atoms with E-state index in [0.717, 1.165) is 45.7 Å². The molecule has 0 aliphatic carbocycles. The van der Waals surface area contributed by atoms with Gasteiger partial charge in [-0.3, -0.25) is 4.79 Å². The van der Waals surface area contributed by atoms with Gasteiger partial charge in [0.15, 0.2) is 5.82 Å². The molecule has 1 aliphatic heterocycles. The fraction of sp³-hybridized carbons (Fsp3) is 0.636. The number of hydrogen-bond acceptors (Lipinski definition) is 5. The molecule has 0 aromatic carbocycles. The van der Waals surface area contributed by atoms with Gasteiger partial charge in [-0.25, -0.2) is 4.98 Å². The molecule has 0 saturated carbocycles. The minimum atomic E-state index is -0.309. The highest BCUT2D eigenvalue weighted by atomic mass is 35.5. The highest BCUT2D eigenvalue weighted by molar-refractivity contribution is 6.32. The summed E-state index contributed by atoms with van der Waals surface area (Å²) in [6.07, 6.45) is 2.36. The predicted octanol–water partition coefficient (Wildman–Crippen LogP) is 0.131. The molecule has 0 radical (unpaired) electrons. The van der Waals surface area contributed by atoms with E-state index in [1.54, 1.807) is 0 Å². The summed E-state index contributed by atoms with van der Waals surface area (Å²) < 4.78 is 0. The van der Waals surface area contributed by atoms with Crippen molar-refractivity contribution in [3.63, 3.8) is 0 Å². The normalized spacial score (nSPS) is 16.7. The number of nitrogens with one attached hydrogen (secondary N) is 3. The molecule has 7 heteroatoms. The van der Waals surface area contributed by atoms with Crippen LogP contribution in [0.4, 0.5) is 5.82 Å². The van der Waals surface area contributed by atoms with Crippen molar-refractivity contribution in [2.24, 2.45) is 0 Å².